The molecule has 0 rings (SSSR count). The Kier molecular flexibility index (Phi) is 9.25. The topological polar surface area (TPSA) is 132 Å². The SMILES string of the molecule is CC(C)(C)OC(=O)NCCCC[C@H](NC(=O)OC(C)(C)C)C(=O)NN. The van der Waals surface area contributed by atoms with Crippen molar-refractivity contribution < 1.29 is 23.9 Å². The Morgan fingerprint density at radius 3 is 1.92 bits per heavy atom. The van der Waals surface area contributed by atoms with Crippen LogP contribution in [0.2, 0.25) is 0 Å². The van der Waals surface area contributed by atoms with Crippen LogP contribution in [-0.2, 0) is 14.3 Å². The van der Waals surface area contributed by atoms with Gasteiger partial charge in [0.1, 0.15) is 17.2 Å². The minimum absolute atomic E-state index is 0.359. The fraction of sp³-hybridized carbons (Fsp3) is 0.812. The fourth-order valence-corrected chi connectivity index (χ4v) is 1.80. The molecule has 0 aliphatic heterocycles. The van der Waals surface area contributed by atoms with Gasteiger partial charge in [-0.2, -0.15) is 0 Å². The number of hydrogen-bond donors (Lipinski definition) is 4. The van der Waals surface area contributed by atoms with E-state index in [-0.39, 0.29) is 0 Å². The molecule has 0 aliphatic rings. The van der Waals surface area contributed by atoms with Gasteiger partial charge in [-0.25, -0.2) is 15.4 Å². The standard InChI is InChI=1S/C16H32N4O5/c1-15(2,3)24-13(22)18-10-8-7-9-11(12(21)20-17)19-14(23)25-16(4,5)6/h11H,7-10,17H2,1-6H3,(H,18,22)(H,19,23)(H,20,21)/t11-/m0/s1. The number of carbonyl (C=O) groups excluding carboxylic acids is 3. The summed E-state index contributed by atoms with van der Waals surface area (Å²) >= 11 is 0. The van der Waals surface area contributed by atoms with Crippen LogP contribution >= 0.6 is 0 Å². The molecule has 1 atom stereocenters. The van der Waals surface area contributed by atoms with E-state index in [1.165, 1.54) is 0 Å². The zero-order valence-corrected chi connectivity index (χ0v) is 16.0. The molecule has 25 heavy (non-hydrogen) atoms. The summed E-state index contributed by atoms with van der Waals surface area (Å²) in [5.41, 5.74) is 0.808. The van der Waals surface area contributed by atoms with Crippen molar-refractivity contribution >= 4 is 18.1 Å². The van der Waals surface area contributed by atoms with Crippen LogP contribution in [0.5, 0.6) is 0 Å². The highest BCUT2D eigenvalue weighted by Gasteiger charge is 2.23. The van der Waals surface area contributed by atoms with Crippen molar-refractivity contribution in [1.29, 1.82) is 0 Å². The van der Waals surface area contributed by atoms with Gasteiger partial charge in [0.2, 0.25) is 0 Å². The van der Waals surface area contributed by atoms with E-state index in [4.69, 9.17) is 15.3 Å². The number of ether oxygens (including phenoxy) is 2. The zero-order chi connectivity index (χ0) is 19.7. The fourth-order valence-electron chi connectivity index (χ4n) is 1.80. The number of rotatable bonds is 7. The molecule has 9 heteroatoms. The first-order chi connectivity index (χ1) is 11.3. The molecule has 0 aromatic carbocycles. The van der Waals surface area contributed by atoms with E-state index in [9.17, 15) is 14.4 Å². The summed E-state index contributed by atoms with van der Waals surface area (Å²) in [7, 11) is 0. The average Bonchev–Trinajstić information content (AvgIpc) is 2.40. The second-order valence-corrected chi connectivity index (χ2v) is 7.63. The summed E-state index contributed by atoms with van der Waals surface area (Å²) < 4.78 is 10.2. The lowest BCUT2D eigenvalue weighted by atomic mass is 10.1. The van der Waals surface area contributed by atoms with E-state index in [1.54, 1.807) is 41.5 Å². The number of nitrogens with two attached hydrogens (primary N) is 1. The molecule has 146 valence electrons. The molecule has 0 aromatic heterocycles. The van der Waals surface area contributed by atoms with E-state index in [0.717, 1.165) is 0 Å². The maximum atomic E-state index is 11.8. The lowest BCUT2D eigenvalue weighted by Crippen LogP contribution is -2.50. The predicted molar refractivity (Wildman–Crippen MR) is 93.6 cm³/mol. The third-order valence-corrected chi connectivity index (χ3v) is 2.74. The Balaban J connectivity index is 4.23. The van der Waals surface area contributed by atoms with Crippen molar-refractivity contribution in [2.45, 2.75) is 78.0 Å². The van der Waals surface area contributed by atoms with Crippen LogP contribution in [0.1, 0.15) is 60.8 Å². The lowest BCUT2D eigenvalue weighted by molar-refractivity contribution is -0.123. The summed E-state index contributed by atoms with van der Waals surface area (Å²) in [4.78, 5) is 35.0. The summed E-state index contributed by atoms with van der Waals surface area (Å²) in [6.45, 7) is 10.9. The van der Waals surface area contributed by atoms with E-state index in [1.807, 2.05) is 5.43 Å². The Bertz CT molecular complexity index is 454. The van der Waals surface area contributed by atoms with Gasteiger partial charge in [0.15, 0.2) is 0 Å². The van der Waals surface area contributed by atoms with Crippen molar-refractivity contribution in [3.05, 3.63) is 0 Å². The van der Waals surface area contributed by atoms with Gasteiger partial charge in [0.05, 0.1) is 0 Å². The largest absolute Gasteiger partial charge is 0.444 e. The van der Waals surface area contributed by atoms with Crippen molar-refractivity contribution in [3.8, 4) is 0 Å². The van der Waals surface area contributed by atoms with Gasteiger partial charge in [0.25, 0.3) is 5.91 Å². The monoisotopic (exact) mass is 360 g/mol. The van der Waals surface area contributed by atoms with Crippen LogP contribution in [0.15, 0.2) is 0 Å². The second kappa shape index (κ2) is 10.1. The minimum atomic E-state index is -0.804. The van der Waals surface area contributed by atoms with E-state index >= 15 is 0 Å². The molecule has 0 aliphatic carbocycles. The van der Waals surface area contributed by atoms with Crippen LogP contribution < -0.4 is 21.9 Å². The van der Waals surface area contributed by atoms with Gasteiger partial charge < -0.3 is 20.1 Å². The molecule has 0 unspecified atom stereocenters. The van der Waals surface area contributed by atoms with Crippen LogP contribution in [0.4, 0.5) is 9.59 Å². The smallest absolute Gasteiger partial charge is 0.408 e. The molecular weight excluding hydrogens is 328 g/mol. The van der Waals surface area contributed by atoms with E-state index in [0.29, 0.717) is 25.8 Å². The maximum absolute atomic E-state index is 11.8. The molecule has 0 radical (unpaired) electrons. The number of carbonyl (C=O) groups is 3. The van der Waals surface area contributed by atoms with Gasteiger partial charge in [-0.05, 0) is 60.8 Å². The molecule has 3 amide bonds. The average molecular weight is 360 g/mol. The van der Waals surface area contributed by atoms with Gasteiger partial charge in [0, 0.05) is 6.54 Å². The molecule has 0 saturated heterocycles. The minimum Gasteiger partial charge on any atom is -0.444 e. The second-order valence-electron chi connectivity index (χ2n) is 7.63. The molecule has 5 N–H and O–H groups in total. The molecule has 0 heterocycles. The summed E-state index contributed by atoms with van der Waals surface area (Å²) in [6.07, 6.45) is 0.384. The highest BCUT2D eigenvalue weighted by Crippen LogP contribution is 2.09. The van der Waals surface area contributed by atoms with E-state index in [2.05, 4.69) is 10.6 Å². The molecular formula is C16H32N4O5. The first-order valence-corrected chi connectivity index (χ1v) is 8.31. The van der Waals surface area contributed by atoms with Crippen LogP contribution in [0.25, 0.3) is 0 Å². The lowest BCUT2D eigenvalue weighted by Gasteiger charge is -2.23. The number of unbranched alkanes of at least 4 members (excludes halogenated alkanes) is 1. The molecule has 0 fully saturated rings. The summed E-state index contributed by atoms with van der Waals surface area (Å²) in [6, 6.07) is -0.804. The quantitative estimate of drug-likeness (QED) is 0.236. The van der Waals surface area contributed by atoms with Crippen LogP contribution in [-0.4, -0.2) is 41.9 Å². The number of hydrogen-bond acceptors (Lipinski definition) is 6. The molecule has 0 saturated carbocycles. The van der Waals surface area contributed by atoms with E-state index < -0.39 is 35.3 Å². The Labute approximate surface area is 149 Å². The molecule has 0 aromatic rings. The van der Waals surface area contributed by atoms with Crippen molar-refractivity contribution in [2.24, 2.45) is 5.84 Å². The molecule has 0 spiro atoms. The highest BCUT2D eigenvalue weighted by molar-refractivity contribution is 5.85. The van der Waals surface area contributed by atoms with Crippen molar-refractivity contribution in [2.75, 3.05) is 6.54 Å². The van der Waals surface area contributed by atoms with Gasteiger partial charge in [-0.3, -0.25) is 10.2 Å². The summed E-state index contributed by atoms with van der Waals surface area (Å²) in [5, 5.41) is 5.12. The predicted octanol–water partition coefficient (Wildman–Crippen LogP) is 1.56. The third-order valence-electron chi connectivity index (χ3n) is 2.74. The highest BCUT2D eigenvalue weighted by atomic mass is 16.6. The Morgan fingerprint density at radius 1 is 0.920 bits per heavy atom. The first-order valence-electron chi connectivity index (χ1n) is 8.31. The van der Waals surface area contributed by atoms with Gasteiger partial charge in [-0.1, -0.05) is 0 Å². The van der Waals surface area contributed by atoms with Gasteiger partial charge >= 0.3 is 12.2 Å². The molecule has 9 nitrogen and oxygen atoms in total. The zero-order valence-electron chi connectivity index (χ0n) is 16.0. The summed E-state index contributed by atoms with van der Waals surface area (Å²) in [5.74, 6) is 4.63. The molecule has 0 bridgehead atoms. The number of amides is 3. The van der Waals surface area contributed by atoms with Gasteiger partial charge in [-0.15, -0.1) is 0 Å². The van der Waals surface area contributed by atoms with Crippen LogP contribution in [0.3, 0.4) is 0 Å². The third kappa shape index (κ3) is 13.0. The van der Waals surface area contributed by atoms with Crippen molar-refractivity contribution in [1.82, 2.24) is 16.1 Å². The van der Waals surface area contributed by atoms with Crippen molar-refractivity contribution in [3.63, 3.8) is 0 Å². The first kappa shape index (κ1) is 23.0. The maximum Gasteiger partial charge on any atom is 0.408 e. The Morgan fingerprint density at radius 2 is 1.44 bits per heavy atom. The normalized spacial score (nSPS) is 12.8. The van der Waals surface area contributed by atoms with Crippen LogP contribution in [0, 0.1) is 0 Å². The number of nitrogens with one attached hydrogen (secondary N) is 3. The Hall–Kier alpha value is -2.03. The number of alkyl carbamates (subject to hydrolysis) is 2. The number of hydrazine groups is 1.